The van der Waals surface area contributed by atoms with Crippen LogP contribution < -0.4 is 4.74 Å². The Labute approximate surface area is 151 Å². The van der Waals surface area contributed by atoms with Gasteiger partial charge in [-0.3, -0.25) is 0 Å². The second-order valence-electron chi connectivity index (χ2n) is 4.68. The van der Waals surface area contributed by atoms with Gasteiger partial charge in [-0.1, -0.05) is 65.1 Å². The molecule has 0 aliphatic heterocycles. The molecule has 0 saturated carbocycles. The molecule has 0 bridgehead atoms. The fourth-order valence-corrected chi connectivity index (χ4v) is 2.80. The summed E-state index contributed by atoms with van der Waals surface area (Å²) in [6.07, 6.45) is 0. The SMILES string of the molecule is O=C(Cn1nnc(-c2ccccc2)n1)Oc1c(Cl)cc(Cl)cc1Cl. The van der Waals surface area contributed by atoms with Crippen molar-refractivity contribution >= 4 is 40.8 Å². The van der Waals surface area contributed by atoms with E-state index in [1.807, 2.05) is 30.3 Å². The zero-order valence-electron chi connectivity index (χ0n) is 12.0. The van der Waals surface area contributed by atoms with E-state index in [1.165, 1.54) is 12.1 Å². The summed E-state index contributed by atoms with van der Waals surface area (Å²) in [4.78, 5) is 13.1. The van der Waals surface area contributed by atoms with Crippen LogP contribution in [-0.2, 0) is 11.3 Å². The van der Waals surface area contributed by atoms with Gasteiger partial charge in [-0.25, -0.2) is 4.79 Å². The maximum absolute atomic E-state index is 12.0. The molecule has 2 aromatic carbocycles. The van der Waals surface area contributed by atoms with E-state index in [2.05, 4.69) is 15.4 Å². The minimum absolute atomic E-state index is 0.0381. The highest BCUT2D eigenvalue weighted by atomic mass is 35.5. The summed E-state index contributed by atoms with van der Waals surface area (Å²) in [6, 6.07) is 12.1. The monoisotopic (exact) mass is 382 g/mol. The Morgan fingerprint density at radius 3 is 2.42 bits per heavy atom. The topological polar surface area (TPSA) is 69.9 Å². The highest BCUT2D eigenvalue weighted by Gasteiger charge is 2.16. The molecule has 3 rings (SSSR count). The molecule has 0 atom stereocenters. The number of ether oxygens (including phenoxy) is 1. The summed E-state index contributed by atoms with van der Waals surface area (Å²) in [5, 5.41) is 12.5. The highest BCUT2D eigenvalue weighted by Crippen LogP contribution is 2.35. The fourth-order valence-electron chi connectivity index (χ4n) is 1.90. The number of halogens is 3. The smallest absolute Gasteiger partial charge is 0.335 e. The largest absolute Gasteiger partial charge is 0.422 e. The van der Waals surface area contributed by atoms with Crippen molar-refractivity contribution in [3.05, 3.63) is 57.5 Å². The van der Waals surface area contributed by atoms with Crippen LogP contribution >= 0.6 is 34.8 Å². The number of tetrazole rings is 1. The first-order valence-corrected chi connectivity index (χ1v) is 7.85. The van der Waals surface area contributed by atoms with Crippen molar-refractivity contribution in [2.75, 3.05) is 0 Å². The Bertz CT molecular complexity index is 860. The lowest BCUT2D eigenvalue weighted by molar-refractivity contribution is -0.135. The third kappa shape index (κ3) is 3.84. The van der Waals surface area contributed by atoms with Crippen LogP contribution in [0.2, 0.25) is 15.1 Å². The number of nitrogens with zero attached hydrogens (tertiary/aromatic N) is 4. The van der Waals surface area contributed by atoms with Gasteiger partial charge in [-0.15, -0.1) is 10.2 Å². The van der Waals surface area contributed by atoms with Crippen molar-refractivity contribution in [2.24, 2.45) is 0 Å². The summed E-state index contributed by atoms with van der Waals surface area (Å²) < 4.78 is 5.16. The lowest BCUT2D eigenvalue weighted by Gasteiger charge is -2.08. The molecule has 0 spiro atoms. The minimum Gasteiger partial charge on any atom is -0.422 e. The van der Waals surface area contributed by atoms with Crippen LogP contribution in [-0.4, -0.2) is 26.2 Å². The van der Waals surface area contributed by atoms with Gasteiger partial charge >= 0.3 is 5.97 Å². The van der Waals surface area contributed by atoms with Crippen molar-refractivity contribution in [1.82, 2.24) is 20.2 Å². The van der Waals surface area contributed by atoms with Gasteiger partial charge < -0.3 is 4.74 Å². The Morgan fingerprint density at radius 2 is 1.75 bits per heavy atom. The zero-order valence-corrected chi connectivity index (χ0v) is 14.3. The van der Waals surface area contributed by atoms with E-state index >= 15 is 0 Å². The molecule has 0 unspecified atom stereocenters. The van der Waals surface area contributed by atoms with Gasteiger partial charge in [0.05, 0.1) is 10.0 Å². The van der Waals surface area contributed by atoms with Gasteiger partial charge in [-0.05, 0) is 17.3 Å². The average Bonchev–Trinajstić information content (AvgIpc) is 3.00. The highest BCUT2D eigenvalue weighted by molar-refractivity contribution is 6.40. The average molecular weight is 384 g/mol. The molecule has 0 N–H and O–H groups in total. The van der Waals surface area contributed by atoms with Crippen molar-refractivity contribution in [3.63, 3.8) is 0 Å². The minimum atomic E-state index is -0.641. The van der Waals surface area contributed by atoms with Crippen LogP contribution in [0, 0.1) is 0 Å². The van der Waals surface area contributed by atoms with Crippen LogP contribution in [0.25, 0.3) is 11.4 Å². The quantitative estimate of drug-likeness (QED) is 0.505. The first kappa shape index (κ1) is 16.7. The van der Waals surface area contributed by atoms with E-state index in [4.69, 9.17) is 39.5 Å². The van der Waals surface area contributed by atoms with E-state index in [0.717, 1.165) is 10.4 Å². The molecule has 0 amide bonds. The lowest BCUT2D eigenvalue weighted by atomic mass is 10.2. The molecule has 24 heavy (non-hydrogen) atoms. The summed E-state index contributed by atoms with van der Waals surface area (Å²) in [6.45, 7) is -0.241. The second kappa shape index (κ2) is 7.17. The summed E-state index contributed by atoms with van der Waals surface area (Å²) in [7, 11) is 0. The second-order valence-corrected chi connectivity index (χ2v) is 5.93. The van der Waals surface area contributed by atoms with Crippen molar-refractivity contribution in [3.8, 4) is 17.1 Å². The van der Waals surface area contributed by atoms with Crippen LogP contribution in [0.3, 0.4) is 0 Å². The predicted molar refractivity (Wildman–Crippen MR) is 90.4 cm³/mol. The number of esters is 1. The van der Waals surface area contributed by atoms with E-state index in [0.29, 0.717) is 10.8 Å². The number of carbonyl (C=O) groups excluding carboxylic acids is 1. The number of benzene rings is 2. The third-order valence-corrected chi connectivity index (χ3v) is 3.71. The fraction of sp³-hybridized carbons (Fsp3) is 0.0667. The van der Waals surface area contributed by atoms with E-state index in [-0.39, 0.29) is 22.3 Å². The first-order valence-electron chi connectivity index (χ1n) is 6.71. The summed E-state index contributed by atoms with van der Waals surface area (Å²) in [5.74, 6) is -0.194. The third-order valence-electron chi connectivity index (χ3n) is 2.93. The number of aromatic nitrogens is 4. The first-order chi connectivity index (χ1) is 11.5. The molecule has 0 aliphatic rings. The van der Waals surface area contributed by atoms with Crippen molar-refractivity contribution in [2.45, 2.75) is 6.54 Å². The van der Waals surface area contributed by atoms with Crippen LogP contribution in [0.1, 0.15) is 0 Å². The molecule has 1 aromatic heterocycles. The van der Waals surface area contributed by atoms with Crippen molar-refractivity contribution in [1.29, 1.82) is 0 Å². The Morgan fingerprint density at radius 1 is 1.08 bits per heavy atom. The Balaban J connectivity index is 1.71. The zero-order chi connectivity index (χ0) is 17.1. The Kier molecular flexibility index (Phi) is 4.99. The molecule has 122 valence electrons. The molecule has 0 saturated heterocycles. The molecule has 6 nitrogen and oxygen atoms in total. The molecule has 3 aromatic rings. The molecule has 9 heteroatoms. The molecular formula is C15H9Cl3N4O2. The van der Waals surface area contributed by atoms with Crippen LogP contribution in [0.4, 0.5) is 0 Å². The maximum Gasteiger partial charge on any atom is 0.335 e. The van der Waals surface area contributed by atoms with Gasteiger partial charge in [0, 0.05) is 10.6 Å². The van der Waals surface area contributed by atoms with Gasteiger partial charge in [0.1, 0.15) is 0 Å². The van der Waals surface area contributed by atoms with Gasteiger partial charge in [0.2, 0.25) is 5.82 Å². The predicted octanol–water partition coefficient (Wildman–Crippen LogP) is 3.91. The lowest BCUT2D eigenvalue weighted by Crippen LogP contribution is -2.18. The summed E-state index contributed by atoms with van der Waals surface area (Å²) >= 11 is 17.7. The molecule has 0 fully saturated rings. The summed E-state index contributed by atoms with van der Waals surface area (Å²) in [5.41, 5.74) is 0.793. The standard InChI is InChI=1S/C15H9Cl3N4O2/c16-10-6-11(17)14(12(18)7-10)24-13(23)8-22-20-15(19-21-22)9-4-2-1-3-5-9/h1-7H,8H2. The Hall–Kier alpha value is -2.15. The number of rotatable bonds is 4. The number of hydrogen-bond acceptors (Lipinski definition) is 5. The van der Waals surface area contributed by atoms with Crippen LogP contribution in [0.15, 0.2) is 42.5 Å². The van der Waals surface area contributed by atoms with Gasteiger partial charge in [0.15, 0.2) is 12.3 Å². The van der Waals surface area contributed by atoms with E-state index in [9.17, 15) is 4.79 Å². The van der Waals surface area contributed by atoms with Gasteiger partial charge in [-0.2, -0.15) is 4.80 Å². The molecule has 0 radical (unpaired) electrons. The van der Waals surface area contributed by atoms with Gasteiger partial charge in [0.25, 0.3) is 0 Å². The van der Waals surface area contributed by atoms with E-state index < -0.39 is 5.97 Å². The van der Waals surface area contributed by atoms with Crippen LogP contribution in [0.5, 0.6) is 5.75 Å². The molecule has 0 aliphatic carbocycles. The van der Waals surface area contributed by atoms with E-state index in [1.54, 1.807) is 0 Å². The molecule has 1 heterocycles. The number of carbonyl (C=O) groups is 1. The number of hydrogen-bond donors (Lipinski definition) is 0. The maximum atomic E-state index is 12.0. The normalized spacial score (nSPS) is 10.6. The van der Waals surface area contributed by atoms with Crippen molar-refractivity contribution < 1.29 is 9.53 Å². The molecular weight excluding hydrogens is 375 g/mol.